The minimum Gasteiger partial charge on any atom is -0.350 e. The van der Waals surface area contributed by atoms with Gasteiger partial charge in [-0.05, 0) is 44.8 Å². The monoisotopic (exact) mass is 345 g/mol. The maximum absolute atomic E-state index is 13.4. The molecule has 2 aromatic carbocycles. The smallest absolute Gasteiger partial charge is 0.273 e. The molecule has 0 bridgehead atoms. The fourth-order valence-electron chi connectivity index (χ4n) is 2.55. The number of hydrogen-bond donors (Lipinski definition) is 1. The van der Waals surface area contributed by atoms with Gasteiger partial charge in [0.1, 0.15) is 5.82 Å². The number of carbonyl (C=O) groups is 1. The summed E-state index contributed by atoms with van der Waals surface area (Å²) < 4.78 is 13.4. The molecule has 1 unspecified atom stereocenters. The van der Waals surface area contributed by atoms with Gasteiger partial charge in [-0.15, -0.1) is 0 Å². The first-order chi connectivity index (χ1) is 11.8. The molecule has 7 heteroatoms. The van der Waals surface area contributed by atoms with E-state index >= 15 is 0 Å². The summed E-state index contributed by atoms with van der Waals surface area (Å²) in [5.74, 6) is -0.754. The molecule has 0 radical (unpaired) electrons. The van der Waals surface area contributed by atoms with Crippen LogP contribution in [0.25, 0.3) is 0 Å². The van der Waals surface area contributed by atoms with E-state index in [1.807, 2.05) is 19.0 Å². The molecule has 0 spiro atoms. The standard InChI is InChI=1S/C18H20FN3O3/c1-12-7-8-14(10-16(12)22(24)25)18(23)20-11-17(21(2)3)13-5-4-6-15(19)9-13/h4-10,17H,11H2,1-3H3,(H,20,23). The summed E-state index contributed by atoms with van der Waals surface area (Å²) in [6.07, 6.45) is 0. The number of nitrogens with one attached hydrogen (secondary N) is 1. The fourth-order valence-corrected chi connectivity index (χ4v) is 2.55. The van der Waals surface area contributed by atoms with Gasteiger partial charge in [0.05, 0.1) is 11.0 Å². The van der Waals surface area contributed by atoms with E-state index in [2.05, 4.69) is 5.32 Å². The average Bonchev–Trinajstić information content (AvgIpc) is 2.54. The lowest BCUT2D eigenvalue weighted by atomic mass is 10.1. The lowest BCUT2D eigenvalue weighted by Gasteiger charge is -2.25. The van der Waals surface area contributed by atoms with Crippen LogP contribution >= 0.6 is 0 Å². The van der Waals surface area contributed by atoms with E-state index in [4.69, 9.17) is 0 Å². The van der Waals surface area contributed by atoms with Gasteiger partial charge in [0.25, 0.3) is 11.6 Å². The molecule has 0 aliphatic rings. The summed E-state index contributed by atoms with van der Waals surface area (Å²) in [6, 6.07) is 10.3. The number of hydrogen-bond acceptors (Lipinski definition) is 4. The Labute approximate surface area is 145 Å². The number of aryl methyl sites for hydroxylation is 1. The van der Waals surface area contributed by atoms with Crippen LogP contribution in [0.2, 0.25) is 0 Å². The molecular formula is C18H20FN3O3. The van der Waals surface area contributed by atoms with E-state index in [0.717, 1.165) is 5.56 Å². The van der Waals surface area contributed by atoms with Crippen molar-refractivity contribution in [1.29, 1.82) is 0 Å². The van der Waals surface area contributed by atoms with Crippen LogP contribution in [0.3, 0.4) is 0 Å². The Kier molecular flexibility index (Phi) is 5.82. The molecule has 2 rings (SSSR count). The Morgan fingerprint density at radius 2 is 2.00 bits per heavy atom. The zero-order chi connectivity index (χ0) is 18.6. The van der Waals surface area contributed by atoms with Crippen molar-refractivity contribution in [3.05, 3.63) is 75.1 Å². The van der Waals surface area contributed by atoms with Gasteiger partial charge >= 0.3 is 0 Å². The molecule has 0 saturated heterocycles. The molecule has 0 saturated carbocycles. The van der Waals surface area contributed by atoms with E-state index in [-0.39, 0.29) is 29.7 Å². The molecule has 2 aromatic rings. The van der Waals surface area contributed by atoms with Gasteiger partial charge in [-0.2, -0.15) is 0 Å². The van der Waals surface area contributed by atoms with Crippen molar-refractivity contribution in [2.75, 3.05) is 20.6 Å². The molecule has 1 atom stereocenters. The van der Waals surface area contributed by atoms with E-state index in [0.29, 0.717) is 5.56 Å². The quantitative estimate of drug-likeness (QED) is 0.645. The van der Waals surface area contributed by atoms with Crippen LogP contribution in [0.4, 0.5) is 10.1 Å². The lowest BCUT2D eigenvalue weighted by molar-refractivity contribution is -0.385. The maximum atomic E-state index is 13.4. The molecule has 25 heavy (non-hydrogen) atoms. The van der Waals surface area contributed by atoms with Crippen molar-refractivity contribution in [2.24, 2.45) is 0 Å². The van der Waals surface area contributed by atoms with E-state index in [9.17, 15) is 19.3 Å². The van der Waals surface area contributed by atoms with Gasteiger partial charge in [-0.1, -0.05) is 18.2 Å². The minimum atomic E-state index is -0.512. The highest BCUT2D eigenvalue weighted by Gasteiger charge is 2.18. The third kappa shape index (κ3) is 4.60. The predicted octanol–water partition coefficient (Wildman–Crippen LogP) is 3.08. The topological polar surface area (TPSA) is 75.5 Å². The summed E-state index contributed by atoms with van der Waals surface area (Å²) in [6.45, 7) is 1.86. The first-order valence-electron chi connectivity index (χ1n) is 7.74. The summed E-state index contributed by atoms with van der Waals surface area (Å²) in [5, 5.41) is 13.8. The fraction of sp³-hybridized carbons (Fsp3) is 0.278. The molecular weight excluding hydrogens is 325 g/mol. The number of nitro groups is 1. The number of benzene rings is 2. The maximum Gasteiger partial charge on any atom is 0.273 e. The summed E-state index contributed by atoms with van der Waals surface area (Å²) >= 11 is 0. The Morgan fingerprint density at radius 3 is 2.60 bits per heavy atom. The number of amides is 1. The lowest BCUT2D eigenvalue weighted by Crippen LogP contribution is -2.34. The van der Waals surface area contributed by atoms with E-state index in [1.54, 1.807) is 31.2 Å². The van der Waals surface area contributed by atoms with Crippen molar-refractivity contribution in [3.8, 4) is 0 Å². The van der Waals surface area contributed by atoms with Crippen LogP contribution < -0.4 is 5.32 Å². The average molecular weight is 345 g/mol. The summed E-state index contributed by atoms with van der Waals surface area (Å²) in [4.78, 5) is 24.7. The van der Waals surface area contributed by atoms with E-state index < -0.39 is 10.8 Å². The van der Waals surface area contributed by atoms with Crippen LogP contribution in [0, 0.1) is 22.9 Å². The highest BCUT2D eigenvalue weighted by Crippen LogP contribution is 2.21. The van der Waals surface area contributed by atoms with Crippen molar-refractivity contribution in [2.45, 2.75) is 13.0 Å². The molecule has 0 fully saturated rings. The first kappa shape index (κ1) is 18.5. The second kappa shape index (κ2) is 7.85. The number of nitrogens with zero attached hydrogens (tertiary/aromatic N) is 2. The second-order valence-corrected chi connectivity index (χ2v) is 6.00. The zero-order valence-corrected chi connectivity index (χ0v) is 14.3. The normalized spacial score (nSPS) is 12.0. The van der Waals surface area contributed by atoms with Crippen molar-refractivity contribution in [3.63, 3.8) is 0 Å². The second-order valence-electron chi connectivity index (χ2n) is 6.00. The Bertz CT molecular complexity index is 793. The minimum absolute atomic E-state index is 0.0954. The Balaban J connectivity index is 2.14. The Morgan fingerprint density at radius 1 is 1.28 bits per heavy atom. The van der Waals surface area contributed by atoms with E-state index in [1.165, 1.54) is 18.2 Å². The van der Waals surface area contributed by atoms with Gasteiger partial charge in [-0.3, -0.25) is 14.9 Å². The summed E-state index contributed by atoms with van der Waals surface area (Å²) in [7, 11) is 3.66. The number of halogens is 1. The number of nitro benzene ring substituents is 1. The number of likely N-dealkylation sites (N-methyl/N-ethyl adjacent to an activating group) is 1. The Hall–Kier alpha value is -2.80. The highest BCUT2D eigenvalue weighted by atomic mass is 19.1. The van der Waals surface area contributed by atoms with Crippen LogP contribution in [-0.2, 0) is 0 Å². The highest BCUT2D eigenvalue weighted by molar-refractivity contribution is 5.95. The summed E-state index contributed by atoms with van der Waals surface area (Å²) in [5.41, 5.74) is 1.35. The van der Waals surface area contributed by atoms with Crippen molar-refractivity contribution < 1.29 is 14.1 Å². The van der Waals surface area contributed by atoms with Crippen molar-refractivity contribution in [1.82, 2.24) is 10.2 Å². The molecule has 0 aliphatic heterocycles. The van der Waals surface area contributed by atoms with Crippen LogP contribution in [0.5, 0.6) is 0 Å². The number of rotatable bonds is 6. The SMILES string of the molecule is Cc1ccc(C(=O)NCC(c2cccc(F)c2)N(C)C)cc1[N+](=O)[O-]. The van der Waals surface area contributed by atoms with Crippen LogP contribution in [-0.4, -0.2) is 36.4 Å². The molecule has 6 nitrogen and oxygen atoms in total. The van der Waals surface area contributed by atoms with Gasteiger partial charge in [0, 0.05) is 23.7 Å². The predicted molar refractivity (Wildman–Crippen MR) is 93.0 cm³/mol. The third-order valence-corrected chi connectivity index (χ3v) is 3.98. The van der Waals surface area contributed by atoms with Crippen LogP contribution in [0.15, 0.2) is 42.5 Å². The first-order valence-corrected chi connectivity index (χ1v) is 7.74. The number of carbonyl (C=O) groups excluding carboxylic acids is 1. The molecule has 132 valence electrons. The van der Waals surface area contributed by atoms with Gasteiger partial charge in [0.15, 0.2) is 0 Å². The van der Waals surface area contributed by atoms with Gasteiger partial charge in [0.2, 0.25) is 0 Å². The van der Waals surface area contributed by atoms with Crippen LogP contribution in [0.1, 0.15) is 27.5 Å². The van der Waals surface area contributed by atoms with Gasteiger partial charge < -0.3 is 10.2 Å². The molecule has 0 heterocycles. The third-order valence-electron chi connectivity index (χ3n) is 3.98. The zero-order valence-electron chi connectivity index (χ0n) is 14.3. The molecule has 0 aromatic heterocycles. The molecule has 1 amide bonds. The van der Waals surface area contributed by atoms with Gasteiger partial charge in [-0.25, -0.2) is 4.39 Å². The largest absolute Gasteiger partial charge is 0.350 e. The molecule has 1 N–H and O–H groups in total. The van der Waals surface area contributed by atoms with Crippen molar-refractivity contribution >= 4 is 11.6 Å². The molecule has 0 aliphatic carbocycles.